The molecule has 0 unspecified atom stereocenters. The van der Waals surface area contributed by atoms with Gasteiger partial charge < -0.3 is 14.4 Å². The SMILES string of the molecule is Cc1oc(CN2CCCN(C)C(=O)C2)cc1C(=O)O. The Morgan fingerprint density at radius 2 is 2.21 bits per heavy atom. The average Bonchev–Trinajstić information content (AvgIpc) is 2.61. The molecule has 0 spiro atoms. The van der Waals surface area contributed by atoms with Crippen molar-refractivity contribution >= 4 is 11.9 Å². The summed E-state index contributed by atoms with van der Waals surface area (Å²) in [6, 6.07) is 1.54. The molecule has 1 saturated heterocycles. The maximum Gasteiger partial charge on any atom is 0.339 e. The summed E-state index contributed by atoms with van der Waals surface area (Å²) < 4.78 is 5.43. The fraction of sp³-hybridized carbons (Fsp3) is 0.538. The molecule has 0 radical (unpaired) electrons. The van der Waals surface area contributed by atoms with Crippen molar-refractivity contribution in [1.82, 2.24) is 9.80 Å². The van der Waals surface area contributed by atoms with Crippen LogP contribution in [0.4, 0.5) is 0 Å². The van der Waals surface area contributed by atoms with Crippen LogP contribution in [0.25, 0.3) is 0 Å². The first-order chi connectivity index (χ1) is 8.97. The summed E-state index contributed by atoms with van der Waals surface area (Å²) in [6.45, 7) is 4.01. The number of carboxylic acids is 1. The number of nitrogens with zero attached hydrogens (tertiary/aromatic N) is 2. The summed E-state index contributed by atoms with van der Waals surface area (Å²) in [5.41, 5.74) is 0.188. The van der Waals surface area contributed by atoms with Crippen molar-refractivity contribution in [1.29, 1.82) is 0 Å². The fourth-order valence-electron chi connectivity index (χ4n) is 2.24. The van der Waals surface area contributed by atoms with Crippen molar-refractivity contribution in [3.63, 3.8) is 0 Å². The van der Waals surface area contributed by atoms with Crippen molar-refractivity contribution in [3.8, 4) is 0 Å². The molecule has 1 aliphatic rings. The number of aromatic carboxylic acids is 1. The number of amides is 1. The van der Waals surface area contributed by atoms with Gasteiger partial charge in [-0.1, -0.05) is 0 Å². The lowest BCUT2D eigenvalue weighted by Gasteiger charge is -2.17. The molecule has 1 fully saturated rings. The minimum Gasteiger partial charge on any atom is -0.478 e. The van der Waals surface area contributed by atoms with Crippen LogP contribution in [0, 0.1) is 6.92 Å². The smallest absolute Gasteiger partial charge is 0.339 e. The van der Waals surface area contributed by atoms with E-state index in [1.54, 1.807) is 18.9 Å². The lowest BCUT2D eigenvalue weighted by Crippen LogP contribution is -2.33. The molecule has 1 aromatic heterocycles. The van der Waals surface area contributed by atoms with Crippen LogP contribution in [0.15, 0.2) is 10.5 Å². The zero-order valence-corrected chi connectivity index (χ0v) is 11.2. The van der Waals surface area contributed by atoms with Crippen LogP contribution in [-0.2, 0) is 11.3 Å². The number of hydrogen-bond acceptors (Lipinski definition) is 4. The molecule has 1 aromatic rings. The minimum atomic E-state index is -0.987. The Kier molecular flexibility index (Phi) is 3.90. The van der Waals surface area contributed by atoms with Gasteiger partial charge in [0.2, 0.25) is 5.91 Å². The van der Waals surface area contributed by atoms with Crippen LogP contribution in [0.5, 0.6) is 0 Å². The van der Waals surface area contributed by atoms with Crippen LogP contribution in [0.3, 0.4) is 0 Å². The monoisotopic (exact) mass is 266 g/mol. The fourth-order valence-corrected chi connectivity index (χ4v) is 2.24. The second-order valence-corrected chi connectivity index (χ2v) is 4.87. The molecule has 1 amide bonds. The molecular weight excluding hydrogens is 248 g/mol. The number of carbonyl (C=O) groups excluding carboxylic acids is 1. The Hall–Kier alpha value is -1.82. The third kappa shape index (κ3) is 3.14. The van der Waals surface area contributed by atoms with Crippen LogP contribution < -0.4 is 0 Å². The molecule has 2 heterocycles. The normalized spacial score (nSPS) is 17.6. The molecule has 0 aromatic carbocycles. The molecule has 0 saturated carbocycles. The lowest BCUT2D eigenvalue weighted by molar-refractivity contribution is -0.130. The van der Waals surface area contributed by atoms with Gasteiger partial charge >= 0.3 is 5.97 Å². The summed E-state index contributed by atoms with van der Waals surface area (Å²) in [5, 5.41) is 8.97. The Morgan fingerprint density at radius 1 is 1.47 bits per heavy atom. The van der Waals surface area contributed by atoms with Crippen molar-refractivity contribution in [2.45, 2.75) is 19.9 Å². The average molecular weight is 266 g/mol. The zero-order chi connectivity index (χ0) is 14.0. The van der Waals surface area contributed by atoms with E-state index in [1.165, 1.54) is 6.07 Å². The Balaban J connectivity index is 2.06. The van der Waals surface area contributed by atoms with Crippen molar-refractivity contribution in [3.05, 3.63) is 23.2 Å². The van der Waals surface area contributed by atoms with Crippen molar-refractivity contribution in [2.24, 2.45) is 0 Å². The summed E-state index contributed by atoms with van der Waals surface area (Å²) in [5.74, 6) is 0.0893. The first-order valence-corrected chi connectivity index (χ1v) is 6.26. The lowest BCUT2D eigenvalue weighted by atomic mass is 10.2. The van der Waals surface area contributed by atoms with E-state index >= 15 is 0 Å². The molecule has 104 valence electrons. The highest BCUT2D eigenvalue weighted by atomic mass is 16.4. The Bertz CT molecular complexity index is 495. The van der Waals surface area contributed by atoms with Crippen LogP contribution in [0.1, 0.15) is 28.3 Å². The van der Waals surface area contributed by atoms with E-state index in [1.807, 2.05) is 4.90 Å². The van der Waals surface area contributed by atoms with E-state index in [-0.39, 0.29) is 11.5 Å². The molecular formula is C13H18N2O4. The predicted octanol–water partition coefficient (Wildman–Crippen LogP) is 0.950. The second-order valence-electron chi connectivity index (χ2n) is 4.87. The van der Waals surface area contributed by atoms with Crippen LogP contribution >= 0.6 is 0 Å². The third-order valence-electron chi connectivity index (χ3n) is 3.33. The number of likely N-dealkylation sites (N-methyl/N-ethyl adjacent to an activating group) is 1. The van der Waals surface area contributed by atoms with Crippen molar-refractivity contribution in [2.75, 3.05) is 26.7 Å². The van der Waals surface area contributed by atoms with Gasteiger partial charge in [-0.2, -0.15) is 0 Å². The quantitative estimate of drug-likeness (QED) is 0.881. The number of carboxylic acid groups (broad SMARTS) is 1. The maximum atomic E-state index is 11.8. The van der Waals surface area contributed by atoms with E-state index in [4.69, 9.17) is 9.52 Å². The van der Waals surface area contributed by atoms with Gasteiger partial charge in [-0.15, -0.1) is 0 Å². The molecule has 0 bridgehead atoms. The Labute approximate surface area is 111 Å². The highest BCUT2D eigenvalue weighted by Gasteiger charge is 2.21. The van der Waals surface area contributed by atoms with Gasteiger partial charge in [0.05, 0.1) is 13.1 Å². The van der Waals surface area contributed by atoms with E-state index in [9.17, 15) is 9.59 Å². The van der Waals surface area contributed by atoms with Gasteiger partial charge in [0.15, 0.2) is 0 Å². The van der Waals surface area contributed by atoms with Gasteiger partial charge in [-0.05, 0) is 19.4 Å². The third-order valence-corrected chi connectivity index (χ3v) is 3.33. The number of hydrogen-bond donors (Lipinski definition) is 1. The van der Waals surface area contributed by atoms with E-state index < -0.39 is 5.97 Å². The topological polar surface area (TPSA) is 74.0 Å². The molecule has 6 heteroatoms. The molecule has 1 aliphatic heterocycles. The number of aryl methyl sites for hydroxylation is 1. The molecule has 2 rings (SSSR count). The minimum absolute atomic E-state index is 0.0826. The van der Waals surface area contributed by atoms with Crippen LogP contribution in [0.2, 0.25) is 0 Å². The van der Waals surface area contributed by atoms with E-state index in [0.717, 1.165) is 19.5 Å². The summed E-state index contributed by atoms with van der Waals surface area (Å²) in [7, 11) is 1.80. The zero-order valence-electron chi connectivity index (χ0n) is 11.2. The Morgan fingerprint density at radius 3 is 2.84 bits per heavy atom. The van der Waals surface area contributed by atoms with Gasteiger partial charge in [0.25, 0.3) is 0 Å². The predicted molar refractivity (Wildman–Crippen MR) is 67.9 cm³/mol. The van der Waals surface area contributed by atoms with Gasteiger partial charge in [-0.3, -0.25) is 9.69 Å². The first-order valence-electron chi connectivity index (χ1n) is 6.26. The highest BCUT2D eigenvalue weighted by molar-refractivity contribution is 5.88. The van der Waals surface area contributed by atoms with E-state index in [2.05, 4.69) is 0 Å². The molecule has 0 aliphatic carbocycles. The molecule has 6 nitrogen and oxygen atoms in total. The standard InChI is InChI=1S/C13H18N2O4/c1-9-11(13(17)18)6-10(19-9)7-15-5-3-4-14(2)12(16)8-15/h6H,3-5,7-8H2,1-2H3,(H,17,18). The summed E-state index contributed by atoms with van der Waals surface area (Å²) in [6.07, 6.45) is 0.910. The first kappa shape index (κ1) is 13.6. The van der Waals surface area contributed by atoms with E-state index in [0.29, 0.717) is 24.6 Å². The second kappa shape index (κ2) is 5.44. The molecule has 0 atom stereocenters. The maximum absolute atomic E-state index is 11.8. The summed E-state index contributed by atoms with van der Waals surface area (Å²) in [4.78, 5) is 26.4. The summed E-state index contributed by atoms with van der Waals surface area (Å²) >= 11 is 0. The number of carbonyl (C=O) groups is 2. The highest BCUT2D eigenvalue weighted by Crippen LogP contribution is 2.17. The molecule has 19 heavy (non-hydrogen) atoms. The molecule has 1 N–H and O–H groups in total. The van der Waals surface area contributed by atoms with Gasteiger partial charge in [-0.25, -0.2) is 4.79 Å². The van der Waals surface area contributed by atoms with Crippen LogP contribution in [-0.4, -0.2) is 53.5 Å². The largest absolute Gasteiger partial charge is 0.478 e. The number of rotatable bonds is 3. The van der Waals surface area contributed by atoms with Crippen molar-refractivity contribution < 1.29 is 19.1 Å². The van der Waals surface area contributed by atoms with Gasteiger partial charge in [0.1, 0.15) is 17.1 Å². The van der Waals surface area contributed by atoms with Gasteiger partial charge in [0, 0.05) is 20.1 Å². The number of furan rings is 1.